The van der Waals surface area contributed by atoms with E-state index in [9.17, 15) is 14.8 Å². The van der Waals surface area contributed by atoms with Gasteiger partial charge in [-0.1, -0.05) is 42.5 Å². The fraction of sp³-hybridized carbons (Fsp3) is 0.423. The molecule has 2 N–H and O–H groups in total. The van der Waals surface area contributed by atoms with Crippen molar-refractivity contribution in [3.8, 4) is 0 Å². The van der Waals surface area contributed by atoms with Gasteiger partial charge in [-0.15, -0.1) is 0 Å². The summed E-state index contributed by atoms with van der Waals surface area (Å²) in [5.74, 6) is -0.577. The number of benzene rings is 2. The van der Waals surface area contributed by atoms with E-state index in [0.717, 1.165) is 62.9 Å². The van der Waals surface area contributed by atoms with Gasteiger partial charge in [-0.2, -0.15) is 5.10 Å². The molecule has 0 bridgehead atoms. The number of nitrogens with one attached hydrogen (secondary N) is 1. The summed E-state index contributed by atoms with van der Waals surface area (Å²) in [6, 6.07) is 14.4. The SMILES string of the molecule is O=C(NO)C(Cc1ccccc1)n1cc2cccc(C(=O)N3CCC4(CCOCC4)CC3)c2n1. The number of carbonyl (C=O) groups is 2. The van der Waals surface area contributed by atoms with Crippen molar-refractivity contribution in [3.63, 3.8) is 0 Å². The molecule has 2 saturated heterocycles. The number of piperidine rings is 1. The Bertz CT molecular complexity index is 1160. The fourth-order valence-corrected chi connectivity index (χ4v) is 5.27. The van der Waals surface area contributed by atoms with Gasteiger partial charge in [0.1, 0.15) is 11.6 Å². The summed E-state index contributed by atoms with van der Waals surface area (Å²) in [6.07, 6.45) is 6.28. The van der Waals surface area contributed by atoms with Crippen LogP contribution in [0.15, 0.2) is 54.7 Å². The van der Waals surface area contributed by atoms with Crippen molar-refractivity contribution in [3.05, 3.63) is 65.9 Å². The van der Waals surface area contributed by atoms with Crippen molar-refractivity contribution in [2.45, 2.75) is 38.1 Å². The Morgan fingerprint density at radius 3 is 2.47 bits per heavy atom. The third-order valence-corrected chi connectivity index (χ3v) is 7.45. The molecule has 1 spiro atoms. The van der Waals surface area contributed by atoms with Crippen molar-refractivity contribution in [1.29, 1.82) is 0 Å². The van der Waals surface area contributed by atoms with Gasteiger partial charge in [0.25, 0.3) is 11.8 Å². The standard InChI is InChI=1S/C26H30N4O4/c31-24(28-33)22(17-19-5-2-1-3-6-19)30-18-20-7-4-8-21(23(20)27-30)25(32)29-13-9-26(10-14-29)11-15-34-16-12-26/h1-8,18,22,33H,9-17H2,(H,28,31). The maximum absolute atomic E-state index is 13.5. The van der Waals surface area contributed by atoms with Crippen molar-refractivity contribution >= 4 is 22.7 Å². The van der Waals surface area contributed by atoms with E-state index in [2.05, 4.69) is 5.10 Å². The van der Waals surface area contributed by atoms with Crippen LogP contribution in [0.1, 0.15) is 47.6 Å². The number of amides is 2. The Hall–Kier alpha value is -3.23. The molecule has 1 aromatic heterocycles. The summed E-state index contributed by atoms with van der Waals surface area (Å²) >= 11 is 0. The number of hydrogen-bond acceptors (Lipinski definition) is 5. The molecule has 34 heavy (non-hydrogen) atoms. The van der Waals surface area contributed by atoms with Crippen LogP contribution in [0.2, 0.25) is 0 Å². The molecule has 0 aliphatic carbocycles. The van der Waals surface area contributed by atoms with E-state index in [-0.39, 0.29) is 5.91 Å². The second-order valence-electron chi connectivity index (χ2n) is 9.44. The molecule has 3 aromatic rings. The maximum atomic E-state index is 13.5. The van der Waals surface area contributed by atoms with Gasteiger partial charge in [-0.3, -0.25) is 19.5 Å². The Kier molecular flexibility index (Phi) is 6.34. The lowest BCUT2D eigenvalue weighted by atomic mass is 9.72. The van der Waals surface area contributed by atoms with Crippen LogP contribution >= 0.6 is 0 Å². The molecule has 2 amide bonds. The number of aromatic nitrogens is 2. The minimum Gasteiger partial charge on any atom is -0.381 e. The van der Waals surface area contributed by atoms with Gasteiger partial charge in [0.05, 0.1) is 5.56 Å². The summed E-state index contributed by atoms with van der Waals surface area (Å²) in [5, 5.41) is 14.8. The van der Waals surface area contributed by atoms with E-state index in [4.69, 9.17) is 4.74 Å². The number of likely N-dealkylation sites (tertiary alicyclic amines) is 1. The molecule has 1 atom stereocenters. The first kappa shape index (κ1) is 22.6. The second-order valence-corrected chi connectivity index (χ2v) is 9.44. The van der Waals surface area contributed by atoms with Gasteiger partial charge in [0.2, 0.25) is 0 Å². The summed E-state index contributed by atoms with van der Waals surface area (Å²) in [7, 11) is 0. The van der Waals surface area contributed by atoms with E-state index in [1.54, 1.807) is 22.4 Å². The minimum absolute atomic E-state index is 0.0241. The summed E-state index contributed by atoms with van der Waals surface area (Å²) in [5.41, 5.74) is 4.13. The quantitative estimate of drug-likeness (QED) is 0.448. The molecule has 0 saturated carbocycles. The average molecular weight is 463 g/mol. The maximum Gasteiger partial charge on any atom is 0.268 e. The van der Waals surface area contributed by atoms with Crippen LogP contribution in [0.4, 0.5) is 0 Å². The van der Waals surface area contributed by atoms with E-state index in [1.807, 2.05) is 47.4 Å². The van der Waals surface area contributed by atoms with Gasteiger partial charge in [-0.25, -0.2) is 5.48 Å². The highest BCUT2D eigenvalue weighted by Crippen LogP contribution is 2.41. The molecule has 2 aliphatic heterocycles. The van der Waals surface area contributed by atoms with Gasteiger partial charge in [0, 0.05) is 44.3 Å². The number of hydrogen-bond donors (Lipinski definition) is 2. The molecule has 178 valence electrons. The number of nitrogens with zero attached hydrogens (tertiary/aromatic N) is 3. The van der Waals surface area contributed by atoms with Gasteiger partial charge < -0.3 is 9.64 Å². The average Bonchev–Trinajstić information content (AvgIpc) is 3.32. The molecular formula is C26H30N4O4. The molecule has 1 unspecified atom stereocenters. The van der Waals surface area contributed by atoms with Crippen LogP contribution in [-0.4, -0.2) is 58.0 Å². The monoisotopic (exact) mass is 462 g/mol. The Morgan fingerprint density at radius 2 is 1.76 bits per heavy atom. The zero-order chi connectivity index (χ0) is 23.5. The highest BCUT2D eigenvalue weighted by Gasteiger charge is 2.37. The molecule has 2 aliphatic rings. The zero-order valence-electron chi connectivity index (χ0n) is 19.2. The highest BCUT2D eigenvalue weighted by atomic mass is 16.5. The second kappa shape index (κ2) is 9.56. The molecule has 0 radical (unpaired) electrons. The molecule has 8 nitrogen and oxygen atoms in total. The van der Waals surface area contributed by atoms with Crippen LogP contribution in [0.5, 0.6) is 0 Å². The molecular weight excluding hydrogens is 432 g/mol. The lowest BCUT2D eigenvalue weighted by Crippen LogP contribution is -2.45. The molecule has 8 heteroatoms. The number of rotatable bonds is 5. The van der Waals surface area contributed by atoms with E-state index < -0.39 is 11.9 Å². The predicted octanol–water partition coefficient (Wildman–Crippen LogP) is 3.36. The largest absolute Gasteiger partial charge is 0.381 e. The van der Waals surface area contributed by atoms with E-state index in [1.165, 1.54) is 0 Å². The van der Waals surface area contributed by atoms with Crippen LogP contribution < -0.4 is 5.48 Å². The van der Waals surface area contributed by atoms with Crippen LogP contribution in [0.3, 0.4) is 0 Å². The van der Waals surface area contributed by atoms with Gasteiger partial charge in [-0.05, 0) is 42.7 Å². The molecule has 2 fully saturated rings. The van der Waals surface area contributed by atoms with Crippen LogP contribution in [0.25, 0.3) is 10.9 Å². The summed E-state index contributed by atoms with van der Waals surface area (Å²) in [4.78, 5) is 27.9. The number of fused-ring (bicyclic) bond motifs is 1. The Morgan fingerprint density at radius 1 is 1.03 bits per heavy atom. The van der Waals surface area contributed by atoms with Gasteiger partial charge >= 0.3 is 0 Å². The van der Waals surface area contributed by atoms with Crippen LogP contribution in [0, 0.1) is 5.41 Å². The first-order valence-corrected chi connectivity index (χ1v) is 11.9. The summed E-state index contributed by atoms with van der Waals surface area (Å²) in [6.45, 7) is 3.10. The van der Waals surface area contributed by atoms with Crippen LogP contribution in [-0.2, 0) is 16.0 Å². The van der Waals surface area contributed by atoms with E-state index >= 15 is 0 Å². The third kappa shape index (κ3) is 4.43. The van der Waals surface area contributed by atoms with Crippen molar-refractivity contribution in [2.24, 2.45) is 5.41 Å². The number of ether oxygens (including phenoxy) is 1. The minimum atomic E-state index is -0.744. The van der Waals surface area contributed by atoms with Gasteiger partial charge in [0.15, 0.2) is 0 Å². The smallest absolute Gasteiger partial charge is 0.268 e. The van der Waals surface area contributed by atoms with Crippen molar-refractivity contribution in [1.82, 2.24) is 20.2 Å². The Balaban J connectivity index is 1.39. The molecule has 3 heterocycles. The topological polar surface area (TPSA) is 96.7 Å². The number of carbonyl (C=O) groups excluding carboxylic acids is 2. The normalized spacial score (nSPS) is 18.7. The lowest BCUT2D eigenvalue weighted by molar-refractivity contribution is -0.132. The first-order valence-electron chi connectivity index (χ1n) is 11.9. The third-order valence-electron chi connectivity index (χ3n) is 7.45. The highest BCUT2D eigenvalue weighted by molar-refractivity contribution is 6.05. The lowest BCUT2D eigenvalue weighted by Gasteiger charge is -2.44. The molecule has 2 aromatic carbocycles. The molecule has 5 rings (SSSR count). The van der Waals surface area contributed by atoms with E-state index in [0.29, 0.717) is 22.9 Å². The Labute approximate surface area is 198 Å². The zero-order valence-corrected chi connectivity index (χ0v) is 19.2. The van der Waals surface area contributed by atoms with Crippen molar-refractivity contribution < 1.29 is 19.5 Å². The number of hydroxylamine groups is 1. The fourth-order valence-electron chi connectivity index (χ4n) is 5.27. The predicted molar refractivity (Wildman–Crippen MR) is 126 cm³/mol. The van der Waals surface area contributed by atoms with Crippen molar-refractivity contribution in [2.75, 3.05) is 26.3 Å². The first-order chi connectivity index (χ1) is 16.6. The summed E-state index contributed by atoms with van der Waals surface area (Å²) < 4.78 is 7.09.